The standard InChI is InChI=1S/C10H21BrN2O3S/c1-16-10-9-13(8-5-11)17(14,15)12-6-3-2-4-7-12/h2-10H2,1H3. The molecule has 0 amide bonds. The van der Waals surface area contributed by atoms with Crippen LogP contribution in [0.5, 0.6) is 0 Å². The van der Waals surface area contributed by atoms with Crippen molar-refractivity contribution in [3.8, 4) is 0 Å². The molecule has 1 heterocycles. The molecule has 0 spiro atoms. The minimum atomic E-state index is -3.30. The van der Waals surface area contributed by atoms with Crippen molar-refractivity contribution in [1.82, 2.24) is 8.61 Å². The molecular weight excluding hydrogens is 308 g/mol. The van der Waals surface area contributed by atoms with E-state index in [1.807, 2.05) is 0 Å². The van der Waals surface area contributed by atoms with Crippen molar-refractivity contribution >= 4 is 26.1 Å². The number of hydrogen-bond donors (Lipinski definition) is 0. The normalized spacial score (nSPS) is 18.8. The summed E-state index contributed by atoms with van der Waals surface area (Å²) in [5, 5.41) is 0.643. The lowest BCUT2D eigenvalue weighted by atomic mass is 10.2. The molecule has 0 unspecified atom stereocenters. The molecule has 0 aromatic carbocycles. The van der Waals surface area contributed by atoms with Crippen LogP contribution >= 0.6 is 15.9 Å². The molecule has 1 aliphatic heterocycles. The second kappa shape index (κ2) is 7.68. The minimum Gasteiger partial charge on any atom is -0.383 e. The predicted molar refractivity (Wildman–Crippen MR) is 71.6 cm³/mol. The number of halogens is 1. The number of hydrogen-bond acceptors (Lipinski definition) is 3. The fraction of sp³-hybridized carbons (Fsp3) is 1.00. The van der Waals surface area contributed by atoms with Gasteiger partial charge in [0.05, 0.1) is 6.61 Å². The highest BCUT2D eigenvalue weighted by atomic mass is 79.9. The molecule has 1 fully saturated rings. The van der Waals surface area contributed by atoms with Gasteiger partial charge in [-0.15, -0.1) is 0 Å². The number of methoxy groups -OCH3 is 1. The first-order valence-corrected chi connectivity index (χ1v) is 8.45. The highest BCUT2D eigenvalue weighted by Crippen LogP contribution is 2.16. The average molecular weight is 329 g/mol. The Morgan fingerprint density at radius 1 is 1.24 bits per heavy atom. The number of nitrogens with zero attached hydrogens (tertiary/aromatic N) is 2. The molecule has 0 aromatic heterocycles. The van der Waals surface area contributed by atoms with E-state index in [2.05, 4.69) is 15.9 Å². The summed E-state index contributed by atoms with van der Waals surface area (Å²) in [7, 11) is -1.72. The first kappa shape index (κ1) is 15.4. The van der Waals surface area contributed by atoms with Gasteiger partial charge in [0, 0.05) is 38.6 Å². The van der Waals surface area contributed by atoms with Crippen molar-refractivity contribution < 1.29 is 13.2 Å². The van der Waals surface area contributed by atoms with Gasteiger partial charge in [-0.2, -0.15) is 17.0 Å². The van der Waals surface area contributed by atoms with Crippen LogP contribution in [0.15, 0.2) is 0 Å². The molecule has 1 saturated heterocycles. The van der Waals surface area contributed by atoms with Crippen LogP contribution in [-0.4, -0.2) is 62.3 Å². The lowest BCUT2D eigenvalue weighted by Gasteiger charge is -2.31. The largest absolute Gasteiger partial charge is 0.383 e. The van der Waals surface area contributed by atoms with E-state index in [1.165, 1.54) is 4.31 Å². The van der Waals surface area contributed by atoms with E-state index in [4.69, 9.17) is 4.74 Å². The van der Waals surface area contributed by atoms with E-state index >= 15 is 0 Å². The summed E-state index contributed by atoms with van der Waals surface area (Å²) in [6, 6.07) is 0. The third-order valence-electron chi connectivity index (χ3n) is 2.85. The smallest absolute Gasteiger partial charge is 0.282 e. The van der Waals surface area contributed by atoms with E-state index in [0.717, 1.165) is 19.3 Å². The number of alkyl halides is 1. The van der Waals surface area contributed by atoms with Gasteiger partial charge in [-0.25, -0.2) is 0 Å². The van der Waals surface area contributed by atoms with Crippen molar-refractivity contribution in [1.29, 1.82) is 0 Å². The van der Waals surface area contributed by atoms with E-state index in [9.17, 15) is 8.42 Å². The molecule has 0 radical (unpaired) electrons. The molecule has 1 rings (SSSR count). The van der Waals surface area contributed by atoms with E-state index in [-0.39, 0.29) is 0 Å². The zero-order chi connectivity index (χ0) is 12.7. The summed E-state index contributed by atoms with van der Waals surface area (Å²) in [5.41, 5.74) is 0. The van der Waals surface area contributed by atoms with Crippen molar-refractivity contribution in [3.05, 3.63) is 0 Å². The first-order chi connectivity index (χ1) is 8.12. The Hall–Kier alpha value is 0.310. The van der Waals surface area contributed by atoms with Gasteiger partial charge < -0.3 is 4.74 Å². The Bertz CT molecular complexity index is 305. The fourth-order valence-electron chi connectivity index (χ4n) is 1.89. The van der Waals surface area contributed by atoms with Crippen LogP contribution < -0.4 is 0 Å². The lowest BCUT2D eigenvalue weighted by molar-refractivity contribution is 0.176. The third-order valence-corrected chi connectivity index (χ3v) is 5.24. The van der Waals surface area contributed by atoms with Crippen molar-refractivity contribution in [3.63, 3.8) is 0 Å². The van der Waals surface area contributed by atoms with Crippen LogP contribution in [0, 0.1) is 0 Å². The Balaban J connectivity index is 2.67. The summed E-state index contributed by atoms with van der Waals surface area (Å²) in [6.07, 6.45) is 3.06. The Morgan fingerprint density at radius 3 is 2.41 bits per heavy atom. The highest BCUT2D eigenvalue weighted by Gasteiger charge is 2.29. The lowest BCUT2D eigenvalue weighted by Crippen LogP contribution is -2.47. The molecule has 0 saturated carbocycles. The second-order valence-electron chi connectivity index (χ2n) is 4.05. The number of rotatable bonds is 7. The van der Waals surface area contributed by atoms with Crippen LogP contribution in [0.4, 0.5) is 0 Å². The summed E-state index contributed by atoms with van der Waals surface area (Å²) in [6.45, 7) is 2.63. The van der Waals surface area contributed by atoms with Gasteiger partial charge in [-0.05, 0) is 12.8 Å². The van der Waals surface area contributed by atoms with Gasteiger partial charge in [0.1, 0.15) is 0 Å². The highest BCUT2D eigenvalue weighted by molar-refractivity contribution is 9.09. The first-order valence-electron chi connectivity index (χ1n) is 5.93. The molecule has 0 N–H and O–H groups in total. The summed E-state index contributed by atoms with van der Waals surface area (Å²) < 4.78 is 32.8. The van der Waals surface area contributed by atoms with Crippen LogP contribution in [0.2, 0.25) is 0 Å². The third kappa shape index (κ3) is 4.48. The molecule has 17 heavy (non-hydrogen) atoms. The van der Waals surface area contributed by atoms with Gasteiger partial charge >= 0.3 is 0 Å². The molecule has 7 heteroatoms. The van der Waals surface area contributed by atoms with Gasteiger partial charge in [-0.1, -0.05) is 22.4 Å². The van der Waals surface area contributed by atoms with Crippen molar-refractivity contribution in [2.75, 3.05) is 45.2 Å². The quantitative estimate of drug-likeness (QED) is 0.656. The summed E-state index contributed by atoms with van der Waals surface area (Å²) >= 11 is 3.29. The van der Waals surface area contributed by atoms with Gasteiger partial charge in [0.25, 0.3) is 10.2 Å². The molecule has 1 aliphatic rings. The minimum absolute atomic E-state index is 0.418. The van der Waals surface area contributed by atoms with Crippen LogP contribution in [0.1, 0.15) is 19.3 Å². The summed E-state index contributed by atoms with van der Waals surface area (Å²) in [5.74, 6) is 0. The molecular formula is C10H21BrN2O3S. The molecule has 5 nitrogen and oxygen atoms in total. The maximum atomic E-state index is 12.4. The Morgan fingerprint density at radius 2 is 1.88 bits per heavy atom. The van der Waals surface area contributed by atoms with E-state index in [0.29, 0.717) is 38.1 Å². The van der Waals surface area contributed by atoms with Gasteiger partial charge in [0.2, 0.25) is 0 Å². The topological polar surface area (TPSA) is 49.9 Å². The molecule has 102 valence electrons. The van der Waals surface area contributed by atoms with E-state index in [1.54, 1.807) is 11.4 Å². The maximum absolute atomic E-state index is 12.4. The predicted octanol–water partition coefficient (Wildman–Crippen LogP) is 1.06. The zero-order valence-corrected chi connectivity index (χ0v) is 12.7. The maximum Gasteiger partial charge on any atom is 0.282 e. The Kier molecular flexibility index (Phi) is 6.94. The van der Waals surface area contributed by atoms with Gasteiger partial charge in [-0.3, -0.25) is 0 Å². The second-order valence-corrected chi connectivity index (χ2v) is 6.77. The van der Waals surface area contributed by atoms with Crippen LogP contribution in [0.3, 0.4) is 0 Å². The number of ether oxygens (including phenoxy) is 1. The SMILES string of the molecule is COCCN(CCBr)S(=O)(=O)N1CCCCC1. The fourth-order valence-corrected chi connectivity index (χ4v) is 4.23. The van der Waals surface area contributed by atoms with Crippen LogP contribution in [-0.2, 0) is 14.9 Å². The molecule has 0 aliphatic carbocycles. The molecule has 0 bridgehead atoms. The number of piperidine rings is 1. The zero-order valence-electron chi connectivity index (χ0n) is 10.3. The van der Waals surface area contributed by atoms with Crippen molar-refractivity contribution in [2.24, 2.45) is 0 Å². The summed E-state index contributed by atoms with van der Waals surface area (Å²) in [4.78, 5) is 0. The van der Waals surface area contributed by atoms with Crippen LogP contribution in [0.25, 0.3) is 0 Å². The monoisotopic (exact) mass is 328 g/mol. The van der Waals surface area contributed by atoms with Gasteiger partial charge in [0.15, 0.2) is 0 Å². The average Bonchev–Trinajstić information content (AvgIpc) is 2.35. The Labute approximate surface area is 112 Å². The molecule has 0 aromatic rings. The van der Waals surface area contributed by atoms with E-state index < -0.39 is 10.2 Å². The van der Waals surface area contributed by atoms with Crippen molar-refractivity contribution in [2.45, 2.75) is 19.3 Å². The molecule has 0 atom stereocenters.